The molecule has 9 heteroatoms. The minimum atomic E-state index is -3.61. The van der Waals surface area contributed by atoms with Crippen LogP contribution in [0.15, 0.2) is 47.4 Å². The van der Waals surface area contributed by atoms with E-state index in [1.165, 1.54) is 23.5 Å². The molecule has 0 aromatic heterocycles. The number of rotatable bonds is 9. The number of hydrogen-bond acceptors (Lipinski definition) is 6. The van der Waals surface area contributed by atoms with Crippen molar-refractivity contribution < 1.29 is 22.7 Å². The SMILES string of the molecule is COc1ccc(CN(C)CC(=O)Nc2cc(S(=O)(=O)N3CCCCC3)ccc2OC)cc1. The summed E-state index contributed by atoms with van der Waals surface area (Å²) in [7, 11) is 1.34. The predicted octanol–water partition coefficient (Wildman–Crippen LogP) is 2.95. The van der Waals surface area contributed by atoms with Gasteiger partial charge >= 0.3 is 0 Å². The summed E-state index contributed by atoms with van der Waals surface area (Å²) in [5, 5.41) is 2.80. The molecule has 0 aliphatic carbocycles. The molecular weight excluding hydrogens is 430 g/mol. The van der Waals surface area contributed by atoms with Crippen LogP contribution in [0.3, 0.4) is 0 Å². The summed E-state index contributed by atoms with van der Waals surface area (Å²) in [4.78, 5) is 14.7. The van der Waals surface area contributed by atoms with Gasteiger partial charge in [-0.2, -0.15) is 4.31 Å². The summed E-state index contributed by atoms with van der Waals surface area (Å²) in [6.07, 6.45) is 2.76. The van der Waals surface area contributed by atoms with Gasteiger partial charge in [0.25, 0.3) is 0 Å². The van der Waals surface area contributed by atoms with Gasteiger partial charge in [0.2, 0.25) is 15.9 Å². The number of hydrogen-bond donors (Lipinski definition) is 1. The van der Waals surface area contributed by atoms with Crippen molar-refractivity contribution in [3.8, 4) is 11.5 Å². The lowest BCUT2D eigenvalue weighted by molar-refractivity contribution is -0.117. The van der Waals surface area contributed by atoms with Gasteiger partial charge in [-0.3, -0.25) is 9.69 Å². The summed E-state index contributed by atoms with van der Waals surface area (Å²) in [5.41, 5.74) is 1.39. The Balaban J connectivity index is 1.68. The number of carbonyl (C=O) groups is 1. The van der Waals surface area contributed by atoms with Crippen LogP contribution in [-0.2, 0) is 21.4 Å². The molecule has 174 valence electrons. The standard InChI is InChI=1S/C23H31N3O5S/c1-25(16-18-7-9-19(30-2)10-8-18)17-23(27)24-21-15-20(11-12-22(21)31-3)32(28,29)26-13-5-4-6-14-26/h7-12,15H,4-6,13-14,16-17H2,1-3H3,(H,24,27). The van der Waals surface area contributed by atoms with Gasteiger partial charge in [0.05, 0.1) is 31.3 Å². The highest BCUT2D eigenvalue weighted by Crippen LogP contribution is 2.30. The van der Waals surface area contributed by atoms with Crippen LogP contribution in [0.4, 0.5) is 5.69 Å². The van der Waals surface area contributed by atoms with Crippen LogP contribution in [0.5, 0.6) is 11.5 Å². The summed E-state index contributed by atoms with van der Waals surface area (Å²) in [6, 6.07) is 12.2. The van der Waals surface area contributed by atoms with E-state index in [1.807, 2.05) is 36.2 Å². The number of anilines is 1. The molecule has 2 aromatic rings. The van der Waals surface area contributed by atoms with E-state index < -0.39 is 10.0 Å². The fourth-order valence-corrected chi connectivity index (χ4v) is 5.28. The van der Waals surface area contributed by atoms with Gasteiger partial charge in [0.15, 0.2) is 0 Å². The third kappa shape index (κ3) is 5.99. The first-order valence-corrected chi connectivity index (χ1v) is 12.1. The average Bonchev–Trinajstić information content (AvgIpc) is 2.80. The molecule has 1 fully saturated rings. The van der Waals surface area contributed by atoms with Crippen LogP contribution in [0.2, 0.25) is 0 Å². The van der Waals surface area contributed by atoms with Crippen molar-refractivity contribution in [2.45, 2.75) is 30.7 Å². The Morgan fingerprint density at radius 3 is 2.34 bits per heavy atom. The molecule has 0 unspecified atom stereocenters. The number of piperidine rings is 1. The topological polar surface area (TPSA) is 88.2 Å². The van der Waals surface area contributed by atoms with Crippen molar-refractivity contribution >= 4 is 21.6 Å². The van der Waals surface area contributed by atoms with E-state index in [1.54, 1.807) is 13.2 Å². The van der Waals surface area contributed by atoms with Crippen LogP contribution in [0, 0.1) is 0 Å². The Hall–Kier alpha value is -2.62. The van der Waals surface area contributed by atoms with E-state index >= 15 is 0 Å². The minimum absolute atomic E-state index is 0.137. The van der Waals surface area contributed by atoms with E-state index in [0.29, 0.717) is 31.1 Å². The molecule has 0 saturated carbocycles. The van der Waals surface area contributed by atoms with Gasteiger partial charge in [-0.25, -0.2) is 8.42 Å². The zero-order chi connectivity index (χ0) is 23.1. The number of likely N-dealkylation sites (N-methyl/N-ethyl adjacent to an activating group) is 1. The second-order valence-corrected chi connectivity index (χ2v) is 9.83. The molecule has 1 saturated heterocycles. The highest BCUT2D eigenvalue weighted by atomic mass is 32.2. The number of ether oxygens (including phenoxy) is 2. The fraction of sp³-hybridized carbons (Fsp3) is 0.435. The zero-order valence-electron chi connectivity index (χ0n) is 18.8. The number of sulfonamides is 1. The van der Waals surface area contributed by atoms with Crippen molar-refractivity contribution in [1.29, 1.82) is 0 Å². The first-order valence-electron chi connectivity index (χ1n) is 10.6. The maximum absolute atomic E-state index is 13.0. The Kier molecular flexibility index (Phi) is 8.11. The Labute approximate surface area is 190 Å². The Bertz CT molecular complexity index is 1020. The number of benzene rings is 2. The third-order valence-electron chi connectivity index (χ3n) is 5.42. The lowest BCUT2D eigenvalue weighted by Crippen LogP contribution is -2.35. The van der Waals surface area contributed by atoms with Gasteiger partial charge in [0.1, 0.15) is 11.5 Å². The molecule has 1 N–H and O–H groups in total. The molecule has 0 spiro atoms. The first kappa shape index (κ1) is 24.0. The average molecular weight is 462 g/mol. The molecule has 3 rings (SSSR count). The highest BCUT2D eigenvalue weighted by Gasteiger charge is 2.27. The zero-order valence-corrected chi connectivity index (χ0v) is 19.7. The largest absolute Gasteiger partial charge is 0.497 e. The van der Waals surface area contributed by atoms with Crippen LogP contribution in [-0.4, -0.2) is 64.4 Å². The molecule has 8 nitrogen and oxygen atoms in total. The molecule has 1 amide bonds. The van der Waals surface area contributed by atoms with Crippen molar-refractivity contribution in [3.05, 3.63) is 48.0 Å². The maximum atomic E-state index is 13.0. The van der Waals surface area contributed by atoms with Crippen LogP contribution in [0.1, 0.15) is 24.8 Å². The molecule has 0 atom stereocenters. The van der Waals surface area contributed by atoms with E-state index in [0.717, 1.165) is 30.6 Å². The molecule has 0 bridgehead atoms. The van der Waals surface area contributed by atoms with Crippen molar-refractivity contribution in [1.82, 2.24) is 9.21 Å². The van der Waals surface area contributed by atoms with Gasteiger partial charge < -0.3 is 14.8 Å². The van der Waals surface area contributed by atoms with Gasteiger partial charge in [-0.1, -0.05) is 18.6 Å². The quantitative estimate of drug-likeness (QED) is 0.618. The molecule has 1 aliphatic rings. The van der Waals surface area contributed by atoms with Gasteiger partial charge in [0, 0.05) is 19.6 Å². The van der Waals surface area contributed by atoms with Crippen LogP contribution in [0.25, 0.3) is 0 Å². The van der Waals surface area contributed by atoms with Crippen molar-refractivity contribution in [2.24, 2.45) is 0 Å². The van der Waals surface area contributed by atoms with Gasteiger partial charge in [-0.05, 0) is 55.8 Å². The highest BCUT2D eigenvalue weighted by molar-refractivity contribution is 7.89. The lowest BCUT2D eigenvalue weighted by atomic mass is 10.2. The molecular formula is C23H31N3O5S. The van der Waals surface area contributed by atoms with Crippen molar-refractivity contribution in [2.75, 3.05) is 46.2 Å². The van der Waals surface area contributed by atoms with E-state index in [4.69, 9.17) is 9.47 Å². The van der Waals surface area contributed by atoms with Crippen LogP contribution < -0.4 is 14.8 Å². The third-order valence-corrected chi connectivity index (χ3v) is 7.32. The minimum Gasteiger partial charge on any atom is -0.497 e. The molecule has 0 radical (unpaired) electrons. The first-order chi connectivity index (χ1) is 15.3. The lowest BCUT2D eigenvalue weighted by Gasteiger charge is -2.26. The Morgan fingerprint density at radius 2 is 1.72 bits per heavy atom. The molecule has 2 aromatic carbocycles. The normalized spacial score (nSPS) is 14.9. The van der Waals surface area contributed by atoms with E-state index in [9.17, 15) is 13.2 Å². The van der Waals surface area contributed by atoms with E-state index in [2.05, 4.69) is 5.32 Å². The number of methoxy groups -OCH3 is 2. The smallest absolute Gasteiger partial charge is 0.243 e. The van der Waals surface area contributed by atoms with Gasteiger partial charge in [-0.15, -0.1) is 0 Å². The number of carbonyl (C=O) groups excluding carboxylic acids is 1. The monoisotopic (exact) mass is 461 g/mol. The predicted molar refractivity (Wildman–Crippen MR) is 124 cm³/mol. The summed E-state index contributed by atoms with van der Waals surface area (Å²) in [6.45, 7) is 1.76. The second-order valence-electron chi connectivity index (χ2n) is 7.90. The summed E-state index contributed by atoms with van der Waals surface area (Å²) < 4.78 is 38.0. The molecule has 32 heavy (non-hydrogen) atoms. The number of amides is 1. The number of nitrogens with zero attached hydrogens (tertiary/aromatic N) is 2. The maximum Gasteiger partial charge on any atom is 0.243 e. The number of nitrogens with one attached hydrogen (secondary N) is 1. The second kappa shape index (κ2) is 10.8. The van der Waals surface area contributed by atoms with Crippen LogP contribution >= 0.6 is 0 Å². The summed E-state index contributed by atoms with van der Waals surface area (Å²) in [5.74, 6) is 0.932. The van der Waals surface area contributed by atoms with Crippen molar-refractivity contribution in [3.63, 3.8) is 0 Å². The molecule has 1 heterocycles. The molecule has 1 aliphatic heterocycles. The fourth-order valence-electron chi connectivity index (χ4n) is 3.73. The summed E-state index contributed by atoms with van der Waals surface area (Å²) >= 11 is 0. The van der Waals surface area contributed by atoms with E-state index in [-0.39, 0.29) is 17.3 Å². The Morgan fingerprint density at radius 1 is 1.03 bits per heavy atom.